The van der Waals surface area contributed by atoms with Crippen LogP contribution in [-0.2, 0) is 19.5 Å². The van der Waals surface area contributed by atoms with Gasteiger partial charge in [-0.05, 0) is 80.2 Å². The minimum atomic E-state index is 0. The molecule has 0 radical (unpaired) electrons. The van der Waals surface area contributed by atoms with Gasteiger partial charge in [0.2, 0.25) is 0 Å². The fourth-order valence-corrected chi connectivity index (χ4v) is 6.47. The van der Waals surface area contributed by atoms with Crippen LogP contribution < -0.4 is 0 Å². The second-order valence-corrected chi connectivity index (χ2v) is 12.2. The number of phenols is 2. The van der Waals surface area contributed by atoms with Gasteiger partial charge in [0.05, 0.1) is 11.4 Å². The van der Waals surface area contributed by atoms with Gasteiger partial charge in [-0.3, -0.25) is 9.98 Å². The maximum Gasteiger partial charge on any atom is 0.124 e. The van der Waals surface area contributed by atoms with Gasteiger partial charge in [0.1, 0.15) is 11.5 Å². The van der Waals surface area contributed by atoms with E-state index in [4.69, 9.17) is 9.98 Å². The quantitative estimate of drug-likeness (QED) is 0.128. The van der Waals surface area contributed by atoms with E-state index >= 15 is 0 Å². The number of phenolic OH excluding ortho intramolecular Hbond substituents is 2. The molecule has 0 unspecified atom stereocenters. The first-order chi connectivity index (χ1) is 24.6. The van der Waals surface area contributed by atoms with Crippen molar-refractivity contribution in [3.8, 4) is 44.9 Å². The van der Waals surface area contributed by atoms with Crippen LogP contribution in [0, 0.1) is 0 Å². The van der Waals surface area contributed by atoms with Crippen molar-refractivity contribution in [1.29, 1.82) is 0 Å². The summed E-state index contributed by atoms with van der Waals surface area (Å²) in [6.07, 6.45) is 3.48. The molecular weight excluding hydrogens is 678 g/mol. The Bertz CT molecular complexity index is 2380. The van der Waals surface area contributed by atoms with Crippen LogP contribution in [0.2, 0.25) is 0 Å². The van der Waals surface area contributed by atoms with Gasteiger partial charge in [0.25, 0.3) is 0 Å². The number of aliphatic imine (C=N–C) groups is 2. The minimum absolute atomic E-state index is 0. The SMILES string of the molecule is Oc1ccc2cc(-c3ccccc3)ccc2c1C=Nc1ccccc1-c1ccccc1N=Cc1c(O)ccc2cc(-c3ccccc3)ccc12.[Zn]. The summed E-state index contributed by atoms with van der Waals surface area (Å²) in [7, 11) is 0. The summed E-state index contributed by atoms with van der Waals surface area (Å²) in [5.41, 5.74) is 9.11. The van der Waals surface area contributed by atoms with Crippen molar-refractivity contribution in [2.75, 3.05) is 0 Å². The molecule has 8 aromatic carbocycles. The summed E-state index contributed by atoms with van der Waals surface area (Å²) >= 11 is 0. The molecule has 0 saturated heterocycles. The summed E-state index contributed by atoms with van der Waals surface area (Å²) in [5.74, 6) is 0.337. The van der Waals surface area contributed by atoms with Gasteiger partial charge in [0, 0.05) is 54.2 Å². The van der Waals surface area contributed by atoms with Crippen molar-refractivity contribution >= 4 is 45.3 Å². The summed E-state index contributed by atoms with van der Waals surface area (Å²) in [4.78, 5) is 9.83. The predicted octanol–water partition coefficient (Wildman–Crippen LogP) is 11.9. The molecule has 0 aliphatic rings. The first-order valence-electron chi connectivity index (χ1n) is 16.5. The maximum atomic E-state index is 10.9. The van der Waals surface area contributed by atoms with Crippen molar-refractivity contribution in [2.45, 2.75) is 0 Å². The van der Waals surface area contributed by atoms with Crippen LogP contribution in [0.25, 0.3) is 54.9 Å². The molecule has 0 aromatic heterocycles. The largest absolute Gasteiger partial charge is 0.507 e. The third kappa shape index (κ3) is 6.85. The molecule has 0 spiro atoms. The monoisotopic (exact) mass is 708 g/mol. The molecule has 0 amide bonds. The van der Waals surface area contributed by atoms with Crippen molar-refractivity contribution in [3.05, 3.63) is 181 Å². The van der Waals surface area contributed by atoms with Crippen molar-refractivity contribution in [2.24, 2.45) is 9.98 Å². The van der Waals surface area contributed by atoms with Crippen LogP contribution in [-0.4, -0.2) is 22.6 Å². The molecule has 0 saturated carbocycles. The van der Waals surface area contributed by atoms with E-state index in [1.54, 1.807) is 24.6 Å². The second-order valence-electron chi connectivity index (χ2n) is 12.2. The summed E-state index contributed by atoms with van der Waals surface area (Å²) in [5, 5.41) is 25.7. The van der Waals surface area contributed by atoms with Gasteiger partial charge in [-0.1, -0.05) is 133 Å². The van der Waals surface area contributed by atoms with Crippen LogP contribution in [0.3, 0.4) is 0 Å². The van der Waals surface area contributed by atoms with Gasteiger partial charge >= 0.3 is 0 Å². The first-order valence-corrected chi connectivity index (χ1v) is 16.5. The normalized spacial score (nSPS) is 11.4. The first kappa shape index (κ1) is 33.3. The number of aromatic hydroxyl groups is 2. The molecule has 240 valence electrons. The van der Waals surface area contributed by atoms with Crippen LogP contribution in [0.5, 0.6) is 11.5 Å². The van der Waals surface area contributed by atoms with Crippen molar-refractivity contribution in [1.82, 2.24) is 0 Å². The Morgan fingerprint density at radius 2 is 0.765 bits per heavy atom. The van der Waals surface area contributed by atoms with Crippen molar-refractivity contribution in [3.63, 3.8) is 0 Å². The van der Waals surface area contributed by atoms with E-state index < -0.39 is 0 Å². The van der Waals surface area contributed by atoms with Crippen LogP contribution in [0.15, 0.2) is 180 Å². The van der Waals surface area contributed by atoms with Gasteiger partial charge in [-0.2, -0.15) is 0 Å². The molecule has 0 fully saturated rings. The topological polar surface area (TPSA) is 65.2 Å². The molecule has 5 heteroatoms. The average Bonchev–Trinajstić information content (AvgIpc) is 3.18. The maximum absolute atomic E-state index is 10.9. The molecule has 0 atom stereocenters. The van der Waals surface area contributed by atoms with Gasteiger partial charge in [-0.25, -0.2) is 0 Å². The third-order valence-corrected chi connectivity index (χ3v) is 9.05. The van der Waals surface area contributed by atoms with E-state index in [0.29, 0.717) is 11.1 Å². The number of rotatable bonds is 7. The Kier molecular flexibility index (Phi) is 9.65. The fourth-order valence-electron chi connectivity index (χ4n) is 6.47. The Balaban J connectivity index is 0.00000406. The summed E-state index contributed by atoms with van der Waals surface area (Å²) < 4.78 is 0. The molecule has 51 heavy (non-hydrogen) atoms. The van der Waals surface area contributed by atoms with Crippen LogP contribution in [0.1, 0.15) is 11.1 Å². The van der Waals surface area contributed by atoms with E-state index in [-0.39, 0.29) is 31.0 Å². The van der Waals surface area contributed by atoms with Gasteiger partial charge < -0.3 is 10.2 Å². The second kappa shape index (κ2) is 14.8. The number of nitrogens with zero attached hydrogens (tertiary/aromatic N) is 2. The van der Waals surface area contributed by atoms with E-state index in [2.05, 4.69) is 48.5 Å². The Morgan fingerprint density at radius 3 is 1.20 bits per heavy atom. The van der Waals surface area contributed by atoms with E-state index in [1.807, 2.05) is 109 Å². The van der Waals surface area contributed by atoms with E-state index in [1.165, 1.54) is 0 Å². The van der Waals surface area contributed by atoms with E-state index in [0.717, 1.165) is 66.3 Å². The van der Waals surface area contributed by atoms with Gasteiger partial charge in [0.15, 0.2) is 0 Å². The Hall–Kier alpha value is -6.16. The Labute approximate surface area is 309 Å². The number of hydrogen-bond donors (Lipinski definition) is 2. The third-order valence-electron chi connectivity index (χ3n) is 9.05. The number of benzene rings is 8. The molecule has 8 aromatic rings. The van der Waals surface area contributed by atoms with Crippen molar-refractivity contribution < 1.29 is 29.7 Å². The molecule has 8 rings (SSSR count). The zero-order chi connectivity index (χ0) is 33.9. The molecule has 2 N–H and O–H groups in total. The standard InChI is InChI=1S/C46H32N2O2.Zn/c49-45-25-21-35-27-33(31-11-3-1-4-12-31)19-23-37(35)41(45)29-47-43-17-9-7-15-39(43)40-16-8-10-18-44(40)48-30-42-38-24-20-34(32-13-5-2-6-14-32)28-36(38)22-26-46(42)50;/h1-30,49-50H;. The number of fused-ring (bicyclic) bond motifs is 2. The zero-order valence-electron chi connectivity index (χ0n) is 27.8. The van der Waals surface area contributed by atoms with E-state index in [9.17, 15) is 10.2 Å². The van der Waals surface area contributed by atoms with Crippen LogP contribution >= 0.6 is 0 Å². The molecule has 0 aliphatic heterocycles. The fraction of sp³-hybridized carbons (Fsp3) is 0. The van der Waals surface area contributed by atoms with Crippen LogP contribution in [0.4, 0.5) is 11.4 Å². The number of para-hydroxylation sites is 2. The number of hydrogen-bond acceptors (Lipinski definition) is 4. The molecule has 0 aliphatic carbocycles. The average molecular weight is 710 g/mol. The molecule has 4 nitrogen and oxygen atoms in total. The minimum Gasteiger partial charge on any atom is -0.507 e. The molecule has 0 heterocycles. The molecular formula is C46H32N2O2Zn. The summed E-state index contributed by atoms with van der Waals surface area (Å²) in [6.45, 7) is 0. The van der Waals surface area contributed by atoms with Gasteiger partial charge in [-0.15, -0.1) is 0 Å². The predicted molar refractivity (Wildman–Crippen MR) is 208 cm³/mol. The smallest absolute Gasteiger partial charge is 0.124 e. The summed E-state index contributed by atoms with van der Waals surface area (Å²) in [6, 6.07) is 56.2. The molecule has 0 bridgehead atoms. The Morgan fingerprint density at radius 1 is 0.373 bits per heavy atom. The zero-order valence-corrected chi connectivity index (χ0v) is 30.8.